The fraction of sp³-hybridized carbons (Fsp3) is 0.708. The van der Waals surface area contributed by atoms with E-state index in [1.54, 1.807) is 45.5 Å². The van der Waals surface area contributed by atoms with Crippen molar-refractivity contribution in [2.75, 3.05) is 25.3 Å². The van der Waals surface area contributed by atoms with Gasteiger partial charge in [0.1, 0.15) is 30.0 Å². The lowest BCUT2D eigenvalue weighted by Crippen LogP contribution is -2.51. The van der Waals surface area contributed by atoms with E-state index in [2.05, 4.69) is 32.1 Å². The van der Waals surface area contributed by atoms with Crippen molar-refractivity contribution in [2.45, 2.75) is 91.1 Å². The minimum atomic E-state index is -3.68. The summed E-state index contributed by atoms with van der Waals surface area (Å²) >= 11 is 0. The van der Waals surface area contributed by atoms with Crippen LogP contribution in [0.5, 0.6) is 0 Å². The lowest BCUT2D eigenvalue weighted by molar-refractivity contribution is -0.153. The van der Waals surface area contributed by atoms with E-state index in [-0.39, 0.29) is 24.9 Å². The maximum Gasteiger partial charge on any atom is 0.326 e. The summed E-state index contributed by atoms with van der Waals surface area (Å²) in [5, 5.41) is 5.72. The molecule has 0 aliphatic heterocycles. The first kappa shape index (κ1) is 31.8. The molecule has 0 aliphatic rings. The van der Waals surface area contributed by atoms with Gasteiger partial charge in [0.25, 0.3) is 0 Å². The third kappa shape index (κ3) is 9.70. The summed E-state index contributed by atoms with van der Waals surface area (Å²) in [6, 6.07) is -0.872. The van der Waals surface area contributed by atoms with E-state index in [9.17, 15) is 14.2 Å². The third-order valence-corrected chi connectivity index (χ3v) is 7.65. The fourth-order valence-corrected chi connectivity index (χ4v) is 5.93. The third-order valence-electron chi connectivity index (χ3n) is 5.47. The van der Waals surface area contributed by atoms with Crippen molar-refractivity contribution in [3.63, 3.8) is 0 Å². The number of aromatic nitrogens is 4. The molecule has 2 rings (SSSR count). The van der Waals surface area contributed by atoms with E-state index in [0.29, 0.717) is 30.6 Å². The summed E-state index contributed by atoms with van der Waals surface area (Å²) in [5.41, 5.74) is 5.56. The standard InChI is InChI=1S/C24H42N7O6P/c1-7-8-9-10-35-13-19(12-32)29-38(34,30-24(5,6)23(33)37-17(2)3)16-36-18(4)11-31-15-28-20-21(25)26-14-27-22(20)31/h12,14-15,17-19H,7-11,13,16H2,1-6H3,(H2,25,26,27)(H2,29,30,34)/t18-,19+,38-/m1/s1. The Bertz CT molecular complexity index is 1090. The topological polar surface area (TPSA) is 173 Å². The first-order chi connectivity index (χ1) is 17.9. The number of nitrogens with zero attached hydrogens (tertiary/aromatic N) is 4. The molecule has 0 aliphatic carbocycles. The van der Waals surface area contributed by atoms with Gasteiger partial charge in [-0.25, -0.2) is 25.1 Å². The first-order valence-corrected chi connectivity index (χ1v) is 14.7. The molecule has 0 bridgehead atoms. The molecule has 0 unspecified atom stereocenters. The van der Waals surface area contributed by atoms with Crippen molar-refractivity contribution in [2.24, 2.45) is 0 Å². The number of imidazole rings is 1. The monoisotopic (exact) mass is 555 g/mol. The van der Waals surface area contributed by atoms with Crippen LogP contribution in [-0.4, -0.2) is 75.1 Å². The largest absolute Gasteiger partial charge is 0.462 e. The molecule has 13 nitrogen and oxygen atoms in total. The number of carbonyl (C=O) groups is 2. The van der Waals surface area contributed by atoms with Crippen molar-refractivity contribution in [3.05, 3.63) is 12.7 Å². The first-order valence-electron chi connectivity index (χ1n) is 12.8. The highest BCUT2D eigenvalue weighted by Gasteiger charge is 2.39. The molecule has 0 spiro atoms. The zero-order chi connectivity index (χ0) is 28.3. The maximum atomic E-state index is 14.1. The van der Waals surface area contributed by atoms with Gasteiger partial charge in [0.05, 0.1) is 37.7 Å². The van der Waals surface area contributed by atoms with E-state index < -0.39 is 31.1 Å². The molecule has 38 heavy (non-hydrogen) atoms. The average molecular weight is 556 g/mol. The number of esters is 1. The van der Waals surface area contributed by atoms with Crippen LogP contribution < -0.4 is 15.9 Å². The number of hydrogen-bond acceptors (Lipinski definition) is 10. The van der Waals surface area contributed by atoms with Gasteiger partial charge < -0.3 is 29.3 Å². The van der Waals surface area contributed by atoms with Gasteiger partial charge in [0, 0.05) is 6.61 Å². The van der Waals surface area contributed by atoms with Crippen LogP contribution in [0.1, 0.15) is 60.8 Å². The Kier molecular flexibility index (Phi) is 12.2. The van der Waals surface area contributed by atoms with Crippen molar-refractivity contribution < 1.29 is 28.4 Å². The smallest absolute Gasteiger partial charge is 0.326 e. The van der Waals surface area contributed by atoms with Crippen molar-refractivity contribution >= 4 is 36.7 Å². The zero-order valence-electron chi connectivity index (χ0n) is 23.2. The summed E-state index contributed by atoms with van der Waals surface area (Å²) in [4.78, 5) is 36.9. The molecule has 2 aromatic rings. The highest BCUT2D eigenvalue weighted by molar-refractivity contribution is 7.59. The number of rotatable bonds is 18. The van der Waals surface area contributed by atoms with Crippen molar-refractivity contribution in [1.82, 2.24) is 29.7 Å². The van der Waals surface area contributed by atoms with Gasteiger partial charge in [0.2, 0.25) is 7.44 Å². The number of carbonyl (C=O) groups excluding carboxylic acids is 2. The number of nitrogen functional groups attached to an aromatic ring is 1. The number of fused-ring (bicyclic) bond motifs is 1. The van der Waals surface area contributed by atoms with Crippen LogP contribution in [0.2, 0.25) is 0 Å². The molecule has 14 heteroatoms. The number of ether oxygens (including phenoxy) is 3. The molecule has 2 heterocycles. The summed E-state index contributed by atoms with van der Waals surface area (Å²) in [7, 11) is -3.68. The average Bonchev–Trinajstić information content (AvgIpc) is 3.25. The molecule has 214 valence electrons. The highest BCUT2D eigenvalue weighted by atomic mass is 31.2. The lowest BCUT2D eigenvalue weighted by Gasteiger charge is -2.33. The number of nitrogens with one attached hydrogen (secondary N) is 2. The predicted molar refractivity (Wildman–Crippen MR) is 145 cm³/mol. The summed E-state index contributed by atoms with van der Waals surface area (Å²) in [6.45, 7) is 11.3. The van der Waals surface area contributed by atoms with E-state index in [1.165, 1.54) is 6.33 Å². The molecule has 0 radical (unpaired) electrons. The Morgan fingerprint density at radius 1 is 1.24 bits per heavy atom. The number of anilines is 1. The molecule has 4 N–H and O–H groups in total. The molecule has 0 fully saturated rings. The summed E-state index contributed by atoms with van der Waals surface area (Å²) in [5.74, 6) is -0.309. The molecular weight excluding hydrogens is 513 g/mol. The molecule has 3 atom stereocenters. The Morgan fingerprint density at radius 2 is 1.97 bits per heavy atom. The SMILES string of the molecule is CCCCCOC[C@H](C=O)N[P@](=O)(CO[C@H](C)Cn1cnc2c(N)ncnc21)NC(C)(C)C(=O)OC(C)C. The molecule has 0 aromatic carbocycles. The lowest BCUT2D eigenvalue weighted by atomic mass is 10.1. The second-order valence-corrected chi connectivity index (χ2v) is 12.2. The number of unbranched alkanes of at least 4 members (excludes halogenated alkanes) is 2. The normalized spacial score (nSPS) is 15.3. The van der Waals surface area contributed by atoms with Gasteiger partial charge in [-0.3, -0.25) is 9.36 Å². The number of nitrogens with two attached hydrogens (primary N) is 1. The predicted octanol–water partition coefficient (Wildman–Crippen LogP) is 2.65. The number of hydrogen-bond donors (Lipinski definition) is 3. The van der Waals surface area contributed by atoms with Crippen molar-refractivity contribution in [3.8, 4) is 0 Å². The minimum Gasteiger partial charge on any atom is -0.462 e. The highest BCUT2D eigenvalue weighted by Crippen LogP contribution is 2.40. The van der Waals surface area contributed by atoms with Crippen LogP contribution in [0.3, 0.4) is 0 Å². The Morgan fingerprint density at radius 3 is 2.63 bits per heavy atom. The van der Waals surface area contributed by atoms with Gasteiger partial charge in [-0.2, -0.15) is 0 Å². The van der Waals surface area contributed by atoms with E-state index in [1.807, 2.05) is 0 Å². The zero-order valence-corrected chi connectivity index (χ0v) is 24.1. The summed E-state index contributed by atoms with van der Waals surface area (Å²) < 4.78 is 32.7. The second kappa shape index (κ2) is 14.6. The van der Waals surface area contributed by atoms with E-state index >= 15 is 0 Å². The Labute approximate surface area is 224 Å². The minimum absolute atomic E-state index is 0.0352. The summed E-state index contributed by atoms with van der Waals surface area (Å²) in [6.07, 6.45) is 5.40. The molecule has 0 saturated carbocycles. The molecule has 2 aromatic heterocycles. The van der Waals surface area contributed by atoms with Crippen LogP contribution in [0, 0.1) is 0 Å². The van der Waals surface area contributed by atoms with Crippen LogP contribution in [0.25, 0.3) is 11.2 Å². The van der Waals surface area contributed by atoms with Crippen LogP contribution in [0.4, 0.5) is 5.82 Å². The quantitative estimate of drug-likeness (QED) is 0.106. The maximum absolute atomic E-state index is 14.1. The van der Waals surface area contributed by atoms with Crippen molar-refractivity contribution in [1.29, 1.82) is 0 Å². The van der Waals surface area contributed by atoms with E-state index in [4.69, 9.17) is 19.9 Å². The molecule has 0 saturated heterocycles. The van der Waals surface area contributed by atoms with Gasteiger partial charge in [0.15, 0.2) is 11.5 Å². The van der Waals surface area contributed by atoms with E-state index in [0.717, 1.165) is 19.3 Å². The van der Waals surface area contributed by atoms with Gasteiger partial charge in [-0.15, -0.1) is 0 Å². The molecular formula is C24H42N7O6P. The van der Waals surface area contributed by atoms with Crippen LogP contribution in [0.15, 0.2) is 12.7 Å². The van der Waals surface area contributed by atoms with Gasteiger partial charge in [-0.05, 0) is 41.0 Å². The Balaban J connectivity index is 2.13. The van der Waals surface area contributed by atoms with Crippen LogP contribution in [-0.2, 0) is 34.9 Å². The fourth-order valence-electron chi connectivity index (χ4n) is 3.59. The Hall–Kier alpha value is -2.44. The van der Waals surface area contributed by atoms with Gasteiger partial charge >= 0.3 is 5.97 Å². The molecule has 0 amide bonds. The second-order valence-electron chi connectivity index (χ2n) is 10.0. The van der Waals surface area contributed by atoms with Crippen LogP contribution >= 0.6 is 7.44 Å². The number of aldehydes is 1. The van der Waals surface area contributed by atoms with Gasteiger partial charge in [-0.1, -0.05) is 19.8 Å².